The zero-order valence-corrected chi connectivity index (χ0v) is 14.3. The van der Waals surface area contributed by atoms with Gasteiger partial charge in [-0.2, -0.15) is 0 Å². The molecule has 0 spiro atoms. The van der Waals surface area contributed by atoms with Crippen molar-refractivity contribution in [3.05, 3.63) is 58.7 Å². The van der Waals surface area contributed by atoms with Gasteiger partial charge in [0, 0.05) is 12.1 Å². The molecule has 132 valence electrons. The smallest absolute Gasteiger partial charge is 0.251 e. The van der Waals surface area contributed by atoms with Gasteiger partial charge in [-0.15, -0.1) is 0 Å². The van der Waals surface area contributed by atoms with E-state index in [0.29, 0.717) is 18.5 Å². The maximum absolute atomic E-state index is 12.1. The Labute approximate surface area is 146 Å². The third kappa shape index (κ3) is 5.53. The second-order valence-electron chi connectivity index (χ2n) is 5.98. The van der Waals surface area contributed by atoms with Crippen molar-refractivity contribution in [3.8, 4) is 11.5 Å². The number of aromatic hydroxyl groups is 2. The van der Waals surface area contributed by atoms with E-state index in [1.165, 1.54) is 12.1 Å². The molecular weight excluding hydrogens is 320 g/mol. The Morgan fingerprint density at radius 3 is 2.24 bits per heavy atom. The van der Waals surface area contributed by atoms with Crippen LogP contribution < -0.4 is 10.6 Å². The number of benzene rings is 2. The van der Waals surface area contributed by atoms with E-state index < -0.39 is 0 Å². The van der Waals surface area contributed by atoms with Crippen molar-refractivity contribution in [2.75, 3.05) is 13.1 Å². The number of carbonyl (C=O) groups excluding carboxylic acids is 2. The Balaban J connectivity index is 1.76. The van der Waals surface area contributed by atoms with E-state index in [1.54, 1.807) is 18.2 Å². The van der Waals surface area contributed by atoms with Crippen LogP contribution in [-0.4, -0.2) is 35.1 Å². The van der Waals surface area contributed by atoms with Gasteiger partial charge in [0.2, 0.25) is 5.91 Å². The molecule has 0 aliphatic heterocycles. The number of amides is 2. The lowest BCUT2D eigenvalue weighted by atomic mass is 10.1. The molecule has 0 bridgehead atoms. The highest BCUT2D eigenvalue weighted by Gasteiger charge is 2.09. The third-order valence-corrected chi connectivity index (χ3v) is 3.67. The molecule has 0 saturated carbocycles. The van der Waals surface area contributed by atoms with Crippen LogP contribution in [0, 0.1) is 13.8 Å². The van der Waals surface area contributed by atoms with Crippen molar-refractivity contribution in [2.45, 2.75) is 20.3 Å². The Hall–Kier alpha value is -3.02. The zero-order chi connectivity index (χ0) is 18.4. The summed E-state index contributed by atoms with van der Waals surface area (Å²) >= 11 is 0. The summed E-state index contributed by atoms with van der Waals surface area (Å²) in [5.74, 6) is -0.947. The van der Waals surface area contributed by atoms with E-state index >= 15 is 0 Å². The first-order chi connectivity index (χ1) is 11.8. The van der Waals surface area contributed by atoms with Gasteiger partial charge < -0.3 is 20.8 Å². The Morgan fingerprint density at radius 1 is 0.920 bits per heavy atom. The molecule has 2 aromatic carbocycles. The molecule has 0 saturated heterocycles. The highest BCUT2D eigenvalue weighted by atomic mass is 16.3. The van der Waals surface area contributed by atoms with Crippen molar-refractivity contribution < 1.29 is 19.8 Å². The molecule has 0 atom stereocenters. The summed E-state index contributed by atoms with van der Waals surface area (Å²) in [7, 11) is 0. The first-order valence-electron chi connectivity index (χ1n) is 7.99. The average molecular weight is 342 g/mol. The molecule has 2 rings (SSSR count). The molecule has 0 unspecified atom stereocenters. The monoisotopic (exact) mass is 342 g/mol. The summed E-state index contributed by atoms with van der Waals surface area (Å²) in [5, 5.41) is 24.0. The van der Waals surface area contributed by atoms with Crippen LogP contribution in [-0.2, 0) is 11.2 Å². The molecule has 0 radical (unpaired) electrons. The first kappa shape index (κ1) is 18.3. The summed E-state index contributed by atoms with van der Waals surface area (Å²) in [4.78, 5) is 23.9. The number of hydrogen-bond donors (Lipinski definition) is 4. The molecule has 0 aromatic heterocycles. The van der Waals surface area contributed by atoms with Crippen molar-refractivity contribution in [1.29, 1.82) is 0 Å². The lowest BCUT2D eigenvalue weighted by Gasteiger charge is -2.09. The molecule has 2 aromatic rings. The molecule has 25 heavy (non-hydrogen) atoms. The predicted octanol–water partition coefficient (Wildman–Crippen LogP) is 1.80. The average Bonchev–Trinajstić information content (AvgIpc) is 2.55. The summed E-state index contributed by atoms with van der Waals surface area (Å²) in [6.07, 6.45) is 0.505. The Kier molecular flexibility index (Phi) is 6.00. The lowest BCUT2D eigenvalue weighted by molar-refractivity contribution is -0.120. The predicted molar refractivity (Wildman–Crippen MR) is 94.7 cm³/mol. The summed E-state index contributed by atoms with van der Waals surface area (Å²) in [6.45, 7) is 4.09. The van der Waals surface area contributed by atoms with Crippen LogP contribution in [0.15, 0.2) is 36.4 Å². The topological polar surface area (TPSA) is 98.7 Å². The van der Waals surface area contributed by atoms with E-state index in [-0.39, 0.29) is 29.9 Å². The van der Waals surface area contributed by atoms with E-state index in [2.05, 4.69) is 10.6 Å². The fourth-order valence-electron chi connectivity index (χ4n) is 2.50. The fraction of sp³-hybridized carbons (Fsp3) is 0.263. The summed E-state index contributed by atoms with van der Waals surface area (Å²) in [5.41, 5.74) is 3.30. The van der Waals surface area contributed by atoms with Crippen LogP contribution in [0.3, 0.4) is 0 Å². The molecule has 0 aliphatic rings. The van der Waals surface area contributed by atoms with Gasteiger partial charge in [0.15, 0.2) is 11.5 Å². The van der Waals surface area contributed by atoms with Crippen LogP contribution in [0.2, 0.25) is 0 Å². The highest BCUT2D eigenvalue weighted by molar-refractivity contribution is 5.96. The molecule has 2 amide bonds. The maximum Gasteiger partial charge on any atom is 0.251 e. The van der Waals surface area contributed by atoms with E-state index in [1.807, 2.05) is 19.9 Å². The van der Waals surface area contributed by atoms with Crippen molar-refractivity contribution in [3.63, 3.8) is 0 Å². The van der Waals surface area contributed by atoms with Gasteiger partial charge in [0.1, 0.15) is 0 Å². The number of aryl methyl sites for hydroxylation is 2. The number of phenolic OH excluding ortho intramolecular Hbond substituents is 2. The summed E-state index contributed by atoms with van der Waals surface area (Å²) < 4.78 is 0. The van der Waals surface area contributed by atoms with Crippen LogP contribution in [0.1, 0.15) is 27.0 Å². The van der Waals surface area contributed by atoms with E-state index in [4.69, 9.17) is 0 Å². The largest absolute Gasteiger partial charge is 0.504 e. The maximum atomic E-state index is 12.1. The Morgan fingerprint density at radius 2 is 1.60 bits per heavy atom. The quantitative estimate of drug-likeness (QED) is 0.602. The van der Waals surface area contributed by atoms with Crippen LogP contribution in [0.5, 0.6) is 11.5 Å². The van der Waals surface area contributed by atoms with E-state index in [9.17, 15) is 19.8 Å². The van der Waals surface area contributed by atoms with Crippen molar-refractivity contribution in [2.24, 2.45) is 0 Å². The molecule has 4 N–H and O–H groups in total. The molecule has 6 heteroatoms. The summed E-state index contributed by atoms with van der Waals surface area (Å²) in [6, 6.07) is 10.0. The molecular formula is C19H22N2O4. The SMILES string of the molecule is Cc1cc(C)cc(C(=O)NCC(=O)NCCc2ccc(O)c(O)c2)c1. The third-order valence-electron chi connectivity index (χ3n) is 3.67. The molecule has 0 aliphatic carbocycles. The lowest BCUT2D eigenvalue weighted by Crippen LogP contribution is -2.37. The normalized spacial score (nSPS) is 10.3. The zero-order valence-electron chi connectivity index (χ0n) is 14.3. The van der Waals surface area contributed by atoms with Gasteiger partial charge in [-0.25, -0.2) is 0 Å². The van der Waals surface area contributed by atoms with Gasteiger partial charge in [-0.05, 0) is 50.1 Å². The van der Waals surface area contributed by atoms with Crippen LogP contribution in [0.25, 0.3) is 0 Å². The Bertz CT molecular complexity index is 767. The number of nitrogens with one attached hydrogen (secondary N) is 2. The van der Waals surface area contributed by atoms with Gasteiger partial charge >= 0.3 is 0 Å². The van der Waals surface area contributed by atoms with Crippen LogP contribution in [0.4, 0.5) is 0 Å². The number of carbonyl (C=O) groups is 2. The minimum absolute atomic E-state index is 0.105. The molecule has 6 nitrogen and oxygen atoms in total. The first-order valence-corrected chi connectivity index (χ1v) is 7.99. The molecule has 0 heterocycles. The number of phenols is 2. The van der Waals surface area contributed by atoms with Gasteiger partial charge in [0.25, 0.3) is 5.91 Å². The van der Waals surface area contributed by atoms with Gasteiger partial charge in [-0.3, -0.25) is 9.59 Å². The van der Waals surface area contributed by atoms with Crippen LogP contribution >= 0.6 is 0 Å². The standard InChI is InChI=1S/C19H22N2O4/c1-12-7-13(2)9-15(8-12)19(25)21-11-18(24)20-6-5-14-3-4-16(22)17(23)10-14/h3-4,7-10,22-23H,5-6,11H2,1-2H3,(H,20,24)(H,21,25). The minimum Gasteiger partial charge on any atom is -0.504 e. The van der Waals surface area contributed by atoms with Gasteiger partial charge in [0.05, 0.1) is 6.54 Å². The molecule has 0 fully saturated rings. The second-order valence-corrected chi connectivity index (χ2v) is 5.98. The van der Waals surface area contributed by atoms with E-state index in [0.717, 1.165) is 16.7 Å². The minimum atomic E-state index is -0.291. The second kappa shape index (κ2) is 8.19. The number of rotatable bonds is 6. The number of hydrogen-bond acceptors (Lipinski definition) is 4. The van der Waals surface area contributed by atoms with Crippen molar-refractivity contribution in [1.82, 2.24) is 10.6 Å². The highest BCUT2D eigenvalue weighted by Crippen LogP contribution is 2.24. The fourth-order valence-corrected chi connectivity index (χ4v) is 2.50. The van der Waals surface area contributed by atoms with Gasteiger partial charge in [-0.1, -0.05) is 23.3 Å². The van der Waals surface area contributed by atoms with Crippen molar-refractivity contribution >= 4 is 11.8 Å².